The van der Waals surface area contributed by atoms with Gasteiger partial charge in [0.15, 0.2) is 0 Å². The highest BCUT2D eigenvalue weighted by molar-refractivity contribution is 5.90. The smallest absolute Gasteiger partial charge is 0.339 e. The van der Waals surface area contributed by atoms with Crippen LogP contribution in [0, 0.1) is 6.92 Å². The quantitative estimate of drug-likeness (QED) is 0.736. The summed E-state index contributed by atoms with van der Waals surface area (Å²) in [5, 5.41) is 0. The van der Waals surface area contributed by atoms with Crippen LogP contribution in [0.5, 0.6) is 0 Å². The first-order valence-electron chi connectivity index (χ1n) is 6.30. The first kappa shape index (κ1) is 13.7. The van der Waals surface area contributed by atoms with Gasteiger partial charge >= 0.3 is 5.97 Å². The van der Waals surface area contributed by atoms with Crippen molar-refractivity contribution in [3.05, 3.63) is 28.6 Å². The molecule has 1 heterocycles. The summed E-state index contributed by atoms with van der Waals surface area (Å²) in [6.07, 6.45) is 2.93. The fraction of sp³-hybridized carbons (Fsp3) is 0.571. The molecule has 0 aliphatic carbocycles. The van der Waals surface area contributed by atoms with Crippen LogP contribution >= 0.6 is 0 Å². The molecule has 0 spiro atoms. The molecule has 1 aromatic heterocycles. The second kappa shape index (κ2) is 6.38. The van der Waals surface area contributed by atoms with Crippen LogP contribution in [0.4, 0.5) is 0 Å². The first-order chi connectivity index (χ1) is 8.13. The van der Waals surface area contributed by atoms with Crippen molar-refractivity contribution in [3.8, 4) is 0 Å². The van der Waals surface area contributed by atoms with E-state index < -0.39 is 0 Å². The molecule has 0 radical (unpaired) electrons. The number of aryl methyl sites for hydroxylation is 3. The lowest BCUT2D eigenvalue weighted by Crippen LogP contribution is -2.11. The molecule has 0 amide bonds. The van der Waals surface area contributed by atoms with Crippen molar-refractivity contribution in [3.63, 3.8) is 0 Å². The van der Waals surface area contributed by atoms with E-state index in [1.54, 1.807) is 0 Å². The molecule has 0 atom stereocenters. The molecule has 0 aromatic carbocycles. The first-order valence-corrected chi connectivity index (χ1v) is 6.30. The number of aromatic nitrogens is 1. The number of hydrogen-bond acceptors (Lipinski definition) is 3. The highest BCUT2D eigenvalue weighted by Gasteiger charge is 2.14. The predicted molar refractivity (Wildman–Crippen MR) is 68.3 cm³/mol. The zero-order chi connectivity index (χ0) is 12.8. The molecule has 0 N–H and O–H groups in total. The van der Waals surface area contributed by atoms with Gasteiger partial charge in [0.25, 0.3) is 0 Å². The van der Waals surface area contributed by atoms with E-state index in [4.69, 9.17) is 4.74 Å². The average Bonchev–Trinajstić information content (AvgIpc) is 2.30. The van der Waals surface area contributed by atoms with Crippen molar-refractivity contribution in [1.29, 1.82) is 0 Å². The molecule has 17 heavy (non-hydrogen) atoms. The Bertz CT molecular complexity index is 399. The molecule has 0 fully saturated rings. The van der Waals surface area contributed by atoms with Crippen LogP contribution in [0.3, 0.4) is 0 Å². The summed E-state index contributed by atoms with van der Waals surface area (Å²) in [4.78, 5) is 16.3. The van der Waals surface area contributed by atoms with Crippen LogP contribution in [-0.4, -0.2) is 17.6 Å². The minimum atomic E-state index is -0.268. The molecular formula is C14H21NO2. The van der Waals surface area contributed by atoms with Crippen molar-refractivity contribution in [2.45, 2.75) is 47.0 Å². The maximum Gasteiger partial charge on any atom is 0.339 e. The van der Waals surface area contributed by atoms with Gasteiger partial charge in [0.05, 0.1) is 17.9 Å². The molecule has 0 bridgehead atoms. The number of pyridine rings is 1. The van der Waals surface area contributed by atoms with Crippen LogP contribution in [0.15, 0.2) is 6.07 Å². The van der Waals surface area contributed by atoms with Gasteiger partial charge in [-0.3, -0.25) is 4.98 Å². The van der Waals surface area contributed by atoms with Crippen LogP contribution < -0.4 is 0 Å². The molecule has 3 heteroatoms. The molecule has 0 saturated heterocycles. The number of esters is 1. The third kappa shape index (κ3) is 3.29. The zero-order valence-electron chi connectivity index (χ0n) is 11.2. The average molecular weight is 235 g/mol. The Labute approximate surface area is 103 Å². The van der Waals surface area contributed by atoms with Crippen LogP contribution in [0.2, 0.25) is 0 Å². The Morgan fingerprint density at radius 2 is 2.06 bits per heavy atom. The normalized spacial score (nSPS) is 10.4. The summed E-state index contributed by atoms with van der Waals surface area (Å²) < 4.78 is 5.03. The monoisotopic (exact) mass is 235 g/mol. The largest absolute Gasteiger partial charge is 0.462 e. The van der Waals surface area contributed by atoms with E-state index in [-0.39, 0.29) is 5.97 Å². The fourth-order valence-electron chi connectivity index (χ4n) is 1.87. The lowest BCUT2D eigenvalue weighted by Gasteiger charge is -2.11. The van der Waals surface area contributed by atoms with Crippen LogP contribution in [-0.2, 0) is 17.6 Å². The minimum absolute atomic E-state index is 0.268. The molecule has 3 nitrogen and oxygen atoms in total. The Hall–Kier alpha value is -1.38. The molecule has 94 valence electrons. The topological polar surface area (TPSA) is 39.2 Å². The summed E-state index contributed by atoms with van der Waals surface area (Å²) in [5.41, 5.74) is 3.63. The van der Waals surface area contributed by atoms with E-state index in [1.165, 1.54) is 0 Å². The Morgan fingerprint density at radius 1 is 1.35 bits per heavy atom. The highest BCUT2D eigenvalue weighted by Crippen LogP contribution is 2.16. The van der Waals surface area contributed by atoms with Gasteiger partial charge in [0, 0.05) is 5.69 Å². The Balaban J connectivity index is 3.12. The third-order valence-corrected chi connectivity index (χ3v) is 2.74. The summed E-state index contributed by atoms with van der Waals surface area (Å²) in [5.74, 6) is -0.268. The molecule has 1 aromatic rings. The van der Waals surface area contributed by atoms with Gasteiger partial charge in [0.1, 0.15) is 0 Å². The van der Waals surface area contributed by atoms with Gasteiger partial charge in [0.2, 0.25) is 0 Å². The van der Waals surface area contributed by atoms with Gasteiger partial charge < -0.3 is 4.74 Å². The van der Waals surface area contributed by atoms with Gasteiger partial charge in [-0.05, 0) is 38.3 Å². The highest BCUT2D eigenvalue weighted by atomic mass is 16.5. The molecule has 0 saturated carbocycles. The summed E-state index contributed by atoms with van der Waals surface area (Å²) in [7, 11) is 0. The van der Waals surface area contributed by atoms with Crippen molar-refractivity contribution in [2.75, 3.05) is 6.61 Å². The number of rotatable bonds is 5. The van der Waals surface area contributed by atoms with E-state index in [0.717, 1.165) is 36.2 Å². The number of carbonyl (C=O) groups excluding carboxylic acids is 1. The second-order valence-electron chi connectivity index (χ2n) is 4.05. The van der Waals surface area contributed by atoms with E-state index in [0.29, 0.717) is 12.2 Å². The number of hydrogen-bond donors (Lipinski definition) is 0. The number of carbonyl (C=O) groups is 1. The second-order valence-corrected chi connectivity index (χ2v) is 4.05. The van der Waals surface area contributed by atoms with Gasteiger partial charge in [-0.25, -0.2) is 4.79 Å². The van der Waals surface area contributed by atoms with Crippen molar-refractivity contribution in [2.24, 2.45) is 0 Å². The fourth-order valence-corrected chi connectivity index (χ4v) is 1.87. The van der Waals surface area contributed by atoms with Gasteiger partial charge in [-0.2, -0.15) is 0 Å². The van der Waals surface area contributed by atoms with E-state index in [2.05, 4.69) is 18.8 Å². The van der Waals surface area contributed by atoms with Crippen LogP contribution in [0.25, 0.3) is 0 Å². The van der Waals surface area contributed by atoms with E-state index in [1.807, 2.05) is 19.9 Å². The van der Waals surface area contributed by atoms with Crippen molar-refractivity contribution >= 4 is 5.97 Å². The molecular weight excluding hydrogens is 214 g/mol. The minimum Gasteiger partial charge on any atom is -0.462 e. The molecule has 1 rings (SSSR count). The van der Waals surface area contributed by atoms with E-state index >= 15 is 0 Å². The molecule has 0 unspecified atom stereocenters. The predicted octanol–water partition coefficient (Wildman–Crippen LogP) is 3.08. The van der Waals surface area contributed by atoms with E-state index in [9.17, 15) is 4.79 Å². The standard InChI is InChI=1S/C14H21NO2/c1-5-8-13-11(6-2)9-12(10(4)15-13)14(16)17-7-3/h9H,5-8H2,1-4H3. The summed E-state index contributed by atoms with van der Waals surface area (Å²) in [6, 6.07) is 1.94. The number of nitrogens with zero attached hydrogens (tertiary/aromatic N) is 1. The SMILES string of the molecule is CCCc1nc(C)c(C(=O)OCC)cc1CC. The zero-order valence-corrected chi connectivity index (χ0v) is 11.2. The lowest BCUT2D eigenvalue weighted by molar-refractivity contribution is 0.0525. The van der Waals surface area contributed by atoms with Crippen molar-refractivity contribution < 1.29 is 9.53 Å². The third-order valence-electron chi connectivity index (χ3n) is 2.74. The number of ether oxygens (including phenoxy) is 1. The van der Waals surface area contributed by atoms with Gasteiger partial charge in [-0.15, -0.1) is 0 Å². The maximum atomic E-state index is 11.7. The molecule has 0 aliphatic heterocycles. The maximum absolute atomic E-state index is 11.7. The summed E-state index contributed by atoms with van der Waals surface area (Å²) in [6.45, 7) is 8.30. The summed E-state index contributed by atoms with van der Waals surface area (Å²) >= 11 is 0. The van der Waals surface area contributed by atoms with Crippen LogP contribution in [0.1, 0.15) is 54.5 Å². The lowest BCUT2D eigenvalue weighted by atomic mass is 10.0. The Kier molecular flexibility index (Phi) is 5.13. The van der Waals surface area contributed by atoms with Gasteiger partial charge in [-0.1, -0.05) is 20.3 Å². The molecule has 0 aliphatic rings. The Morgan fingerprint density at radius 3 is 2.59 bits per heavy atom. The van der Waals surface area contributed by atoms with Crippen molar-refractivity contribution in [1.82, 2.24) is 4.98 Å².